The Morgan fingerprint density at radius 3 is 2.08 bits per heavy atom. The van der Waals surface area contributed by atoms with E-state index in [9.17, 15) is 18.0 Å². The lowest BCUT2D eigenvalue weighted by molar-refractivity contribution is -0.142. The number of hydrogen-bond donors (Lipinski definition) is 1. The third-order valence-corrected chi connectivity index (χ3v) is 7.71. The number of carbonyl (C=O) groups is 2. The van der Waals surface area contributed by atoms with Gasteiger partial charge in [0.25, 0.3) is 0 Å². The Hall–Kier alpha value is -3.92. The second-order valence-electron chi connectivity index (χ2n) is 9.28. The molecule has 0 aliphatic carbocycles. The third-order valence-electron chi connectivity index (χ3n) is 6.26. The lowest BCUT2D eigenvalue weighted by Gasteiger charge is -2.33. The average Bonchev–Trinajstić information content (AvgIpc) is 3.47. The number of rotatable bonds is 12. The molecule has 2 amide bonds. The first-order valence-corrected chi connectivity index (χ1v) is 14.8. The maximum absolute atomic E-state index is 14.0. The van der Waals surface area contributed by atoms with Crippen LogP contribution in [0, 0.1) is 0 Å². The van der Waals surface area contributed by atoms with Crippen molar-refractivity contribution in [3.63, 3.8) is 0 Å². The van der Waals surface area contributed by atoms with Crippen LogP contribution in [0.25, 0.3) is 0 Å². The lowest BCUT2D eigenvalue weighted by Crippen LogP contribution is -2.47. The van der Waals surface area contributed by atoms with Crippen LogP contribution in [0.5, 0.6) is 0 Å². The van der Waals surface area contributed by atoms with E-state index in [0.29, 0.717) is 16.3 Å². The van der Waals surface area contributed by atoms with Crippen molar-refractivity contribution in [1.82, 2.24) is 14.5 Å². The van der Waals surface area contributed by atoms with Gasteiger partial charge in [0.1, 0.15) is 11.8 Å². The van der Waals surface area contributed by atoms with Crippen LogP contribution in [-0.2, 0) is 39.2 Å². The summed E-state index contributed by atoms with van der Waals surface area (Å²) in [4.78, 5) is 29.1. The number of furan rings is 1. The minimum absolute atomic E-state index is 0.0148. The minimum Gasteiger partial charge on any atom is -0.467 e. The SMILES string of the molecule is CS(=O)(=O)N(CC(=O)N(Cc1ccc(Cl)cc1)[C@H](C(=O)NCc1ccco1)c1ccccc1)Cc1ccccc1. The number of nitrogens with zero attached hydrogens (tertiary/aromatic N) is 2. The van der Waals surface area contributed by atoms with E-state index in [0.717, 1.165) is 21.7 Å². The molecule has 1 atom stereocenters. The summed E-state index contributed by atoms with van der Waals surface area (Å²) in [7, 11) is -3.77. The van der Waals surface area contributed by atoms with Gasteiger partial charge in [-0.1, -0.05) is 84.4 Å². The van der Waals surface area contributed by atoms with E-state index in [2.05, 4.69) is 5.32 Å². The van der Waals surface area contributed by atoms with E-state index in [1.165, 1.54) is 11.2 Å². The van der Waals surface area contributed by atoms with Crippen molar-refractivity contribution in [2.24, 2.45) is 0 Å². The molecule has 1 heterocycles. The monoisotopic (exact) mass is 579 g/mol. The molecule has 3 aromatic carbocycles. The van der Waals surface area contributed by atoms with Crippen molar-refractivity contribution in [2.75, 3.05) is 12.8 Å². The first-order valence-electron chi connectivity index (χ1n) is 12.6. The predicted octanol–water partition coefficient (Wildman–Crippen LogP) is 4.78. The van der Waals surface area contributed by atoms with Crippen molar-refractivity contribution in [3.8, 4) is 0 Å². The number of halogens is 1. The summed E-state index contributed by atoms with van der Waals surface area (Å²) in [5.74, 6) is -0.404. The van der Waals surface area contributed by atoms with Gasteiger partial charge in [-0.25, -0.2) is 8.42 Å². The molecular formula is C30H30ClN3O5S. The molecule has 208 valence electrons. The summed E-state index contributed by atoms with van der Waals surface area (Å²) in [5, 5.41) is 3.39. The van der Waals surface area contributed by atoms with Gasteiger partial charge in [-0.15, -0.1) is 0 Å². The molecule has 40 heavy (non-hydrogen) atoms. The Labute approximate surface area is 239 Å². The Kier molecular flexibility index (Phi) is 9.76. The Morgan fingerprint density at radius 2 is 1.48 bits per heavy atom. The summed E-state index contributed by atoms with van der Waals surface area (Å²) in [6.45, 7) is -0.259. The second kappa shape index (κ2) is 13.4. The molecule has 1 aromatic heterocycles. The van der Waals surface area contributed by atoms with E-state index in [-0.39, 0.29) is 19.6 Å². The smallest absolute Gasteiger partial charge is 0.247 e. The topological polar surface area (TPSA) is 99.9 Å². The molecular weight excluding hydrogens is 550 g/mol. The highest BCUT2D eigenvalue weighted by molar-refractivity contribution is 7.88. The van der Waals surface area contributed by atoms with E-state index < -0.39 is 34.4 Å². The molecule has 0 bridgehead atoms. The summed E-state index contributed by atoms with van der Waals surface area (Å²) >= 11 is 6.08. The molecule has 0 saturated carbocycles. The molecule has 0 unspecified atom stereocenters. The third kappa shape index (κ3) is 8.05. The molecule has 0 fully saturated rings. The summed E-state index contributed by atoms with van der Waals surface area (Å²) < 4.78 is 32.0. The Morgan fingerprint density at radius 1 is 0.850 bits per heavy atom. The average molecular weight is 580 g/mol. The fourth-order valence-electron chi connectivity index (χ4n) is 4.22. The van der Waals surface area contributed by atoms with Crippen LogP contribution in [0.15, 0.2) is 108 Å². The number of carbonyl (C=O) groups excluding carboxylic acids is 2. The number of amides is 2. The first kappa shape index (κ1) is 29.1. The van der Waals surface area contributed by atoms with Crippen LogP contribution >= 0.6 is 11.6 Å². The molecule has 4 aromatic rings. The largest absolute Gasteiger partial charge is 0.467 e. The van der Waals surface area contributed by atoms with E-state index >= 15 is 0 Å². The quantitative estimate of drug-likeness (QED) is 0.260. The minimum atomic E-state index is -3.77. The summed E-state index contributed by atoms with van der Waals surface area (Å²) in [5.41, 5.74) is 2.04. The molecule has 8 nitrogen and oxygen atoms in total. The Bertz CT molecular complexity index is 1500. The first-order chi connectivity index (χ1) is 19.2. The number of hydrogen-bond acceptors (Lipinski definition) is 5. The fraction of sp³-hybridized carbons (Fsp3) is 0.200. The number of benzene rings is 3. The van der Waals surface area contributed by atoms with Crippen LogP contribution in [0.3, 0.4) is 0 Å². The van der Waals surface area contributed by atoms with Crippen LogP contribution < -0.4 is 5.32 Å². The van der Waals surface area contributed by atoms with Gasteiger partial charge in [-0.05, 0) is 41.0 Å². The van der Waals surface area contributed by atoms with Crippen molar-refractivity contribution < 1.29 is 22.4 Å². The van der Waals surface area contributed by atoms with Crippen LogP contribution in [0.2, 0.25) is 5.02 Å². The maximum Gasteiger partial charge on any atom is 0.247 e. The number of sulfonamides is 1. The molecule has 10 heteroatoms. The molecule has 4 rings (SSSR count). The highest BCUT2D eigenvalue weighted by Crippen LogP contribution is 2.25. The lowest BCUT2D eigenvalue weighted by atomic mass is 10.0. The second-order valence-corrected chi connectivity index (χ2v) is 11.7. The van der Waals surface area contributed by atoms with Gasteiger partial charge in [-0.3, -0.25) is 9.59 Å². The molecule has 0 radical (unpaired) electrons. The highest BCUT2D eigenvalue weighted by Gasteiger charge is 2.33. The van der Waals surface area contributed by atoms with Crippen LogP contribution in [-0.4, -0.2) is 42.2 Å². The van der Waals surface area contributed by atoms with Gasteiger partial charge in [0.05, 0.1) is 25.6 Å². The standard InChI is InChI=1S/C30H30ClN3O5S/c1-40(37,38)33(20-23-9-4-2-5-10-23)22-28(35)34(21-24-14-16-26(31)17-15-24)29(25-11-6-3-7-12-25)30(36)32-19-27-13-8-18-39-27/h2-18,29H,19-22H2,1H3,(H,32,36)/t29-/m0/s1. The molecule has 0 aliphatic heterocycles. The van der Waals surface area contributed by atoms with Crippen molar-refractivity contribution in [1.29, 1.82) is 0 Å². The molecule has 0 saturated heterocycles. The zero-order valence-corrected chi connectivity index (χ0v) is 23.5. The van der Waals surface area contributed by atoms with E-state index in [1.807, 2.05) is 12.1 Å². The maximum atomic E-state index is 14.0. The normalized spacial score (nSPS) is 12.2. The van der Waals surface area contributed by atoms with Gasteiger partial charge in [0.2, 0.25) is 21.8 Å². The van der Waals surface area contributed by atoms with Gasteiger partial charge >= 0.3 is 0 Å². The van der Waals surface area contributed by atoms with E-state index in [4.69, 9.17) is 16.0 Å². The zero-order valence-electron chi connectivity index (χ0n) is 21.9. The summed E-state index contributed by atoms with van der Waals surface area (Å²) in [6, 6.07) is 27.3. The Balaban J connectivity index is 1.69. The van der Waals surface area contributed by atoms with Crippen molar-refractivity contribution in [2.45, 2.75) is 25.7 Å². The van der Waals surface area contributed by atoms with E-state index in [1.54, 1.807) is 84.9 Å². The van der Waals surface area contributed by atoms with Crippen LogP contribution in [0.4, 0.5) is 0 Å². The van der Waals surface area contributed by atoms with Gasteiger partial charge in [-0.2, -0.15) is 4.31 Å². The zero-order chi connectivity index (χ0) is 28.5. The highest BCUT2D eigenvalue weighted by atomic mass is 35.5. The fourth-order valence-corrected chi connectivity index (χ4v) is 5.08. The molecule has 0 spiro atoms. The summed E-state index contributed by atoms with van der Waals surface area (Å²) in [6.07, 6.45) is 2.58. The van der Waals surface area contributed by atoms with Crippen molar-refractivity contribution >= 4 is 33.4 Å². The molecule has 1 N–H and O–H groups in total. The molecule has 0 aliphatic rings. The van der Waals surface area contributed by atoms with Crippen LogP contribution in [0.1, 0.15) is 28.5 Å². The van der Waals surface area contributed by atoms with Gasteiger partial charge in [0, 0.05) is 18.1 Å². The van der Waals surface area contributed by atoms with Gasteiger partial charge < -0.3 is 14.6 Å². The predicted molar refractivity (Wildman–Crippen MR) is 153 cm³/mol. The number of nitrogens with one attached hydrogen (secondary N) is 1. The van der Waals surface area contributed by atoms with Crippen molar-refractivity contribution in [3.05, 3.63) is 131 Å². The van der Waals surface area contributed by atoms with Gasteiger partial charge in [0.15, 0.2) is 0 Å².